The Balaban J connectivity index is 3.14. The monoisotopic (exact) mass is 214 g/mol. The van der Waals surface area contributed by atoms with E-state index in [9.17, 15) is 4.79 Å². The van der Waals surface area contributed by atoms with Crippen molar-refractivity contribution in [2.45, 2.75) is 0 Å². The van der Waals surface area contributed by atoms with E-state index in [-0.39, 0.29) is 11.7 Å². The molecule has 0 saturated heterocycles. The Hall–Kier alpha value is -1.26. The number of nitrogens with two attached hydrogens (primary N) is 1. The molecular weight excluding hydrogens is 204 g/mol. The molecule has 0 aromatic heterocycles. The summed E-state index contributed by atoms with van der Waals surface area (Å²) in [7, 11) is 1.50. The lowest BCUT2D eigenvalue weighted by Crippen LogP contribution is -2.09. The highest BCUT2D eigenvalue weighted by molar-refractivity contribution is 6.30. The minimum atomic E-state index is -0.194. The topological polar surface area (TPSA) is 64.3 Å². The number of carbonyl (C=O) groups excluding carboxylic acids is 1. The van der Waals surface area contributed by atoms with Gasteiger partial charge in [-0.15, -0.1) is 11.6 Å². The summed E-state index contributed by atoms with van der Waals surface area (Å²) in [5.41, 5.74) is 3.51. The molecule has 0 atom stereocenters. The smallest absolute Gasteiger partial charge is 0.181 e. The fraction of sp³-hybridized carbons (Fsp3) is 0.222. The highest BCUT2D eigenvalue weighted by Crippen LogP contribution is 2.22. The zero-order chi connectivity index (χ0) is 10.6. The number of Topliss-reactive ketones (excluding diaryl/α,β-unsaturated/α-hetero) is 1. The number of hydrogen-bond donors (Lipinski definition) is 2. The number of nitrogen functional groups attached to an aromatic ring is 1. The van der Waals surface area contributed by atoms with Gasteiger partial charge in [-0.1, -0.05) is 0 Å². The molecule has 3 N–H and O–H groups in total. The maximum atomic E-state index is 11.4. The van der Waals surface area contributed by atoms with Crippen molar-refractivity contribution < 1.29 is 9.53 Å². The first-order valence-corrected chi connectivity index (χ1v) is 4.50. The molecule has 0 unspecified atom stereocenters. The van der Waals surface area contributed by atoms with E-state index in [0.29, 0.717) is 17.0 Å². The summed E-state index contributed by atoms with van der Waals surface area (Å²) in [6.07, 6.45) is 0. The van der Waals surface area contributed by atoms with Gasteiger partial charge in [-0.05, 0) is 18.2 Å². The second-order valence-corrected chi connectivity index (χ2v) is 2.88. The van der Waals surface area contributed by atoms with E-state index in [0.717, 1.165) is 0 Å². The van der Waals surface area contributed by atoms with E-state index in [1.807, 2.05) is 0 Å². The zero-order valence-corrected chi connectivity index (χ0v) is 8.47. The molecule has 0 saturated carbocycles. The second-order valence-electron chi connectivity index (χ2n) is 2.62. The number of hydrazine groups is 1. The van der Waals surface area contributed by atoms with Crippen molar-refractivity contribution >= 4 is 23.1 Å². The third kappa shape index (κ3) is 2.16. The summed E-state index contributed by atoms with van der Waals surface area (Å²) >= 11 is 5.45. The molecule has 1 aromatic carbocycles. The average molecular weight is 215 g/mol. The lowest BCUT2D eigenvalue weighted by Gasteiger charge is -2.08. The van der Waals surface area contributed by atoms with E-state index in [1.165, 1.54) is 7.11 Å². The van der Waals surface area contributed by atoms with Crippen molar-refractivity contribution in [1.29, 1.82) is 0 Å². The minimum absolute atomic E-state index is 0.0790. The Morgan fingerprint density at radius 3 is 2.86 bits per heavy atom. The Labute approximate surface area is 87.0 Å². The Kier molecular flexibility index (Phi) is 3.73. The highest BCUT2D eigenvalue weighted by atomic mass is 35.5. The quantitative estimate of drug-likeness (QED) is 0.344. The SMILES string of the molecule is COc1ccc(NN)cc1C(=O)CCl. The Morgan fingerprint density at radius 1 is 1.64 bits per heavy atom. The van der Waals surface area contributed by atoms with Gasteiger partial charge in [-0.3, -0.25) is 10.6 Å². The third-order valence-corrected chi connectivity index (χ3v) is 2.03. The fourth-order valence-corrected chi connectivity index (χ4v) is 1.23. The minimum Gasteiger partial charge on any atom is -0.496 e. The molecule has 1 aromatic rings. The van der Waals surface area contributed by atoms with Gasteiger partial charge in [0.2, 0.25) is 0 Å². The lowest BCUT2D eigenvalue weighted by molar-refractivity contribution is 0.101. The number of ketones is 1. The maximum absolute atomic E-state index is 11.4. The number of benzene rings is 1. The van der Waals surface area contributed by atoms with E-state index < -0.39 is 0 Å². The van der Waals surface area contributed by atoms with E-state index >= 15 is 0 Å². The van der Waals surface area contributed by atoms with Crippen LogP contribution >= 0.6 is 11.6 Å². The van der Waals surface area contributed by atoms with Crippen LogP contribution in [0.5, 0.6) is 5.75 Å². The summed E-state index contributed by atoms with van der Waals surface area (Å²) in [4.78, 5) is 11.4. The Bertz CT molecular complexity index is 342. The van der Waals surface area contributed by atoms with Crippen LogP contribution < -0.4 is 16.0 Å². The molecular formula is C9H11ClN2O2. The van der Waals surface area contributed by atoms with E-state index in [2.05, 4.69) is 5.43 Å². The molecule has 0 radical (unpaired) electrons. The summed E-state index contributed by atoms with van der Waals surface area (Å²) in [6, 6.07) is 4.97. The number of anilines is 1. The molecule has 1 rings (SSSR count). The van der Waals surface area contributed by atoms with Crippen molar-refractivity contribution in [1.82, 2.24) is 0 Å². The van der Waals surface area contributed by atoms with Gasteiger partial charge in [0.1, 0.15) is 5.75 Å². The van der Waals surface area contributed by atoms with Crippen LogP contribution in [0.1, 0.15) is 10.4 Å². The molecule has 76 valence electrons. The number of nitrogens with one attached hydrogen (secondary N) is 1. The van der Waals surface area contributed by atoms with Crippen LogP contribution in [0.25, 0.3) is 0 Å². The standard InChI is InChI=1S/C9H11ClN2O2/c1-14-9-3-2-6(12-11)4-7(9)8(13)5-10/h2-4,12H,5,11H2,1H3. The van der Waals surface area contributed by atoms with Gasteiger partial charge in [-0.2, -0.15) is 0 Å². The van der Waals surface area contributed by atoms with Crippen molar-refractivity contribution in [3.05, 3.63) is 23.8 Å². The number of hydrogen-bond acceptors (Lipinski definition) is 4. The molecule has 0 aliphatic rings. The molecule has 0 aliphatic heterocycles. The first-order valence-electron chi connectivity index (χ1n) is 3.96. The van der Waals surface area contributed by atoms with Crippen LogP contribution in [0.4, 0.5) is 5.69 Å². The zero-order valence-electron chi connectivity index (χ0n) is 7.71. The fourth-order valence-electron chi connectivity index (χ4n) is 1.09. The maximum Gasteiger partial charge on any atom is 0.181 e. The number of methoxy groups -OCH3 is 1. The van der Waals surface area contributed by atoms with Gasteiger partial charge in [0.05, 0.1) is 18.6 Å². The number of halogens is 1. The van der Waals surface area contributed by atoms with E-state index in [4.69, 9.17) is 22.2 Å². The van der Waals surface area contributed by atoms with Gasteiger partial charge in [0, 0.05) is 5.69 Å². The molecule has 4 nitrogen and oxygen atoms in total. The third-order valence-electron chi connectivity index (χ3n) is 1.79. The number of rotatable bonds is 4. The first-order chi connectivity index (χ1) is 6.72. The van der Waals surface area contributed by atoms with Gasteiger partial charge in [0.25, 0.3) is 0 Å². The molecule has 0 bridgehead atoms. The van der Waals surface area contributed by atoms with E-state index in [1.54, 1.807) is 18.2 Å². The summed E-state index contributed by atoms with van der Waals surface area (Å²) in [6.45, 7) is 0. The van der Waals surface area contributed by atoms with Crippen LogP contribution in [0, 0.1) is 0 Å². The van der Waals surface area contributed by atoms with Crippen molar-refractivity contribution in [2.24, 2.45) is 5.84 Å². The van der Waals surface area contributed by atoms with Crippen LogP contribution in [0.2, 0.25) is 0 Å². The van der Waals surface area contributed by atoms with Crippen molar-refractivity contribution in [3.8, 4) is 5.75 Å². The van der Waals surface area contributed by atoms with Crippen LogP contribution in [-0.2, 0) is 0 Å². The number of carbonyl (C=O) groups is 1. The summed E-state index contributed by atoms with van der Waals surface area (Å²) < 4.78 is 5.02. The van der Waals surface area contributed by atoms with Crippen LogP contribution in [-0.4, -0.2) is 18.8 Å². The van der Waals surface area contributed by atoms with Crippen LogP contribution in [0.3, 0.4) is 0 Å². The number of ether oxygens (including phenoxy) is 1. The molecule has 5 heteroatoms. The summed E-state index contributed by atoms with van der Waals surface area (Å²) in [5.74, 6) is 5.44. The average Bonchev–Trinajstić information content (AvgIpc) is 2.27. The first kappa shape index (κ1) is 10.8. The lowest BCUT2D eigenvalue weighted by atomic mass is 10.1. The highest BCUT2D eigenvalue weighted by Gasteiger charge is 2.11. The number of alkyl halides is 1. The molecule has 0 aliphatic carbocycles. The second kappa shape index (κ2) is 4.83. The molecule has 0 amide bonds. The van der Waals surface area contributed by atoms with Crippen molar-refractivity contribution in [2.75, 3.05) is 18.4 Å². The predicted octanol–water partition coefficient (Wildman–Crippen LogP) is 1.40. The van der Waals surface area contributed by atoms with Gasteiger partial charge in [-0.25, -0.2) is 0 Å². The largest absolute Gasteiger partial charge is 0.496 e. The predicted molar refractivity (Wildman–Crippen MR) is 55.9 cm³/mol. The molecule has 14 heavy (non-hydrogen) atoms. The van der Waals surface area contributed by atoms with Crippen LogP contribution in [0.15, 0.2) is 18.2 Å². The molecule has 0 spiro atoms. The Morgan fingerprint density at radius 2 is 2.36 bits per heavy atom. The van der Waals surface area contributed by atoms with Gasteiger partial charge < -0.3 is 10.2 Å². The van der Waals surface area contributed by atoms with Gasteiger partial charge in [0.15, 0.2) is 5.78 Å². The normalized spacial score (nSPS) is 9.64. The molecule has 0 fully saturated rings. The summed E-state index contributed by atoms with van der Waals surface area (Å²) in [5, 5.41) is 0. The van der Waals surface area contributed by atoms with Crippen molar-refractivity contribution in [3.63, 3.8) is 0 Å². The van der Waals surface area contributed by atoms with Gasteiger partial charge >= 0.3 is 0 Å². The molecule has 0 heterocycles.